The minimum absolute atomic E-state index is 0.322. The first-order valence-electron chi connectivity index (χ1n) is 8.20. The van der Waals surface area contributed by atoms with Gasteiger partial charge in [-0.2, -0.15) is 13.1 Å². The Kier molecular flexibility index (Phi) is 5.49. The van der Waals surface area contributed by atoms with Gasteiger partial charge in [0.25, 0.3) is 0 Å². The van der Waals surface area contributed by atoms with Crippen LogP contribution in [0.1, 0.15) is 39.2 Å². The van der Waals surface area contributed by atoms with Crippen LogP contribution in [0.3, 0.4) is 0 Å². The summed E-state index contributed by atoms with van der Waals surface area (Å²) in [7, 11) is -3.45. The zero-order chi connectivity index (χ0) is 17.1. The van der Waals surface area contributed by atoms with Gasteiger partial charge in [-0.15, -0.1) is 0 Å². The zero-order valence-corrected chi connectivity index (χ0v) is 15.0. The Hall–Kier alpha value is -1.37. The molecule has 23 heavy (non-hydrogen) atoms. The number of piperidine rings is 1. The molecule has 1 spiro atoms. The van der Waals surface area contributed by atoms with Gasteiger partial charge in [-0.1, -0.05) is 38.1 Å². The van der Waals surface area contributed by atoms with Gasteiger partial charge in [-0.05, 0) is 50.6 Å². The summed E-state index contributed by atoms with van der Waals surface area (Å²) in [5, 5.41) is 3.27. The molecule has 2 aliphatic rings. The first kappa shape index (κ1) is 18.0. The molecule has 5 nitrogen and oxygen atoms in total. The third kappa shape index (κ3) is 3.76. The van der Waals surface area contributed by atoms with E-state index < -0.39 is 10.2 Å². The molecular formula is C17H27N3O2S. The quantitative estimate of drug-likeness (QED) is 0.872. The van der Waals surface area contributed by atoms with E-state index in [2.05, 4.69) is 16.6 Å². The van der Waals surface area contributed by atoms with Crippen LogP contribution in [0.25, 0.3) is 5.57 Å². The van der Waals surface area contributed by atoms with E-state index in [1.165, 1.54) is 4.31 Å². The normalized spacial score (nSPS) is 21.6. The highest BCUT2D eigenvalue weighted by Crippen LogP contribution is 2.32. The molecule has 6 heteroatoms. The summed E-state index contributed by atoms with van der Waals surface area (Å²) in [6.45, 7) is 12.0. The van der Waals surface area contributed by atoms with Gasteiger partial charge in [-0.25, -0.2) is 0 Å². The first-order chi connectivity index (χ1) is 10.9. The molecule has 0 unspecified atom stereocenters. The van der Waals surface area contributed by atoms with Crippen LogP contribution in [0, 0.1) is 0 Å². The Morgan fingerprint density at radius 1 is 1.17 bits per heavy atom. The van der Waals surface area contributed by atoms with E-state index >= 15 is 0 Å². The molecule has 0 saturated carbocycles. The molecule has 2 aliphatic heterocycles. The van der Waals surface area contributed by atoms with E-state index in [1.807, 2.05) is 45.0 Å². The van der Waals surface area contributed by atoms with E-state index in [4.69, 9.17) is 0 Å². The molecule has 3 rings (SSSR count). The molecule has 0 aromatic heterocycles. The summed E-state index contributed by atoms with van der Waals surface area (Å²) < 4.78 is 29.2. The molecule has 2 N–H and O–H groups in total. The molecule has 128 valence electrons. The van der Waals surface area contributed by atoms with Gasteiger partial charge in [0.2, 0.25) is 0 Å². The van der Waals surface area contributed by atoms with Gasteiger partial charge < -0.3 is 5.32 Å². The number of allylic oxidation sites excluding steroid dienone is 1. The lowest BCUT2D eigenvalue weighted by Gasteiger charge is -2.32. The smallest absolute Gasteiger partial charge is 0.302 e. The molecule has 0 radical (unpaired) electrons. The molecule has 2 saturated heterocycles. The third-order valence-corrected chi connectivity index (χ3v) is 5.90. The Morgan fingerprint density at radius 2 is 1.74 bits per heavy atom. The fraction of sp³-hybridized carbons (Fsp3) is 0.529. The van der Waals surface area contributed by atoms with Crippen molar-refractivity contribution in [2.24, 2.45) is 0 Å². The fourth-order valence-electron chi connectivity index (χ4n) is 3.03. The minimum atomic E-state index is -3.45. The highest BCUT2D eigenvalue weighted by molar-refractivity contribution is 7.91. The van der Waals surface area contributed by atoms with Crippen LogP contribution in [0.2, 0.25) is 0 Å². The summed E-state index contributed by atoms with van der Waals surface area (Å²) in [4.78, 5) is 0. The summed E-state index contributed by atoms with van der Waals surface area (Å²) >= 11 is 0. The average molecular weight is 337 g/mol. The molecule has 0 atom stereocenters. The lowest BCUT2D eigenvalue weighted by Crippen LogP contribution is -2.51. The maximum Gasteiger partial charge on any atom is 0.302 e. The average Bonchev–Trinajstić information content (AvgIpc) is 2.80. The Bertz CT molecular complexity index is 647. The standard InChI is InChI=1S/C15H21N3O2S.C2H6/c1-12(2)13-3-5-14(6-4-13)18-11-15(17-21(18,19)20)7-9-16-10-8-15;1-2/h3-6,16-17H,1,7-11H2,2H3;1-2H3. The zero-order valence-electron chi connectivity index (χ0n) is 14.2. The maximum absolute atomic E-state index is 12.4. The summed E-state index contributed by atoms with van der Waals surface area (Å²) in [6.07, 6.45) is 1.65. The second-order valence-corrected chi connectivity index (χ2v) is 7.57. The van der Waals surface area contributed by atoms with Crippen LogP contribution in [0.15, 0.2) is 30.8 Å². The number of hydrogen-bond acceptors (Lipinski definition) is 3. The van der Waals surface area contributed by atoms with E-state index in [-0.39, 0.29) is 5.54 Å². The van der Waals surface area contributed by atoms with E-state index in [1.54, 1.807) is 0 Å². The van der Waals surface area contributed by atoms with Crippen LogP contribution in [0.4, 0.5) is 5.69 Å². The molecule has 0 aliphatic carbocycles. The number of nitrogens with zero attached hydrogens (tertiary/aromatic N) is 1. The van der Waals surface area contributed by atoms with Gasteiger partial charge in [0.15, 0.2) is 0 Å². The molecule has 1 aromatic carbocycles. The molecular weight excluding hydrogens is 310 g/mol. The van der Waals surface area contributed by atoms with Gasteiger partial charge in [-0.3, -0.25) is 4.31 Å². The van der Waals surface area contributed by atoms with Crippen LogP contribution in [0.5, 0.6) is 0 Å². The summed E-state index contributed by atoms with van der Waals surface area (Å²) in [6, 6.07) is 7.54. The van der Waals surface area contributed by atoms with E-state index in [0.29, 0.717) is 12.2 Å². The third-order valence-electron chi connectivity index (χ3n) is 4.29. The highest BCUT2D eigenvalue weighted by Gasteiger charge is 2.47. The molecule has 2 fully saturated rings. The van der Waals surface area contributed by atoms with Crippen LogP contribution in [-0.2, 0) is 10.2 Å². The van der Waals surface area contributed by atoms with Crippen LogP contribution >= 0.6 is 0 Å². The molecule has 0 bridgehead atoms. The monoisotopic (exact) mass is 337 g/mol. The van der Waals surface area contributed by atoms with Crippen molar-refractivity contribution >= 4 is 21.5 Å². The van der Waals surface area contributed by atoms with Crippen molar-refractivity contribution in [3.8, 4) is 0 Å². The Morgan fingerprint density at radius 3 is 2.26 bits per heavy atom. The SMILES string of the molecule is C=C(C)c1ccc(N2CC3(CCNCC3)NS2(=O)=O)cc1.CC. The lowest BCUT2D eigenvalue weighted by atomic mass is 9.89. The molecule has 0 amide bonds. The minimum Gasteiger partial charge on any atom is -0.317 e. The van der Waals surface area contributed by atoms with Gasteiger partial charge >= 0.3 is 10.2 Å². The van der Waals surface area contributed by atoms with Crippen molar-refractivity contribution < 1.29 is 8.42 Å². The van der Waals surface area contributed by atoms with Crippen molar-refractivity contribution in [3.05, 3.63) is 36.4 Å². The number of nitrogens with one attached hydrogen (secondary N) is 2. The molecule has 2 heterocycles. The second kappa shape index (κ2) is 7.03. The molecule has 1 aromatic rings. The number of anilines is 1. The van der Waals surface area contributed by atoms with Crippen molar-refractivity contribution in [1.29, 1.82) is 0 Å². The summed E-state index contributed by atoms with van der Waals surface area (Å²) in [5.74, 6) is 0. The second-order valence-electron chi connectivity index (χ2n) is 5.97. The highest BCUT2D eigenvalue weighted by atomic mass is 32.2. The number of benzene rings is 1. The Labute approximate surface area is 140 Å². The van der Waals surface area contributed by atoms with Crippen molar-refractivity contribution in [2.45, 2.75) is 39.2 Å². The van der Waals surface area contributed by atoms with E-state index in [9.17, 15) is 8.42 Å². The van der Waals surface area contributed by atoms with Crippen molar-refractivity contribution in [1.82, 2.24) is 10.0 Å². The van der Waals surface area contributed by atoms with Gasteiger partial charge in [0.1, 0.15) is 0 Å². The largest absolute Gasteiger partial charge is 0.317 e. The fourth-order valence-corrected chi connectivity index (χ4v) is 4.77. The topological polar surface area (TPSA) is 61.4 Å². The first-order valence-corrected chi connectivity index (χ1v) is 9.64. The van der Waals surface area contributed by atoms with Crippen molar-refractivity contribution in [2.75, 3.05) is 23.9 Å². The van der Waals surface area contributed by atoms with Crippen molar-refractivity contribution in [3.63, 3.8) is 0 Å². The summed E-state index contributed by atoms with van der Waals surface area (Å²) in [5.41, 5.74) is 2.39. The van der Waals surface area contributed by atoms with E-state index in [0.717, 1.165) is 37.1 Å². The predicted octanol–water partition coefficient (Wildman–Crippen LogP) is 2.52. The predicted molar refractivity (Wildman–Crippen MR) is 96.7 cm³/mol. The Balaban J connectivity index is 0.000000924. The van der Waals surface area contributed by atoms with Gasteiger partial charge in [0.05, 0.1) is 17.8 Å². The number of rotatable bonds is 2. The number of hydrogen-bond donors (Lipinski definition) is 2. The van der Waals surface area contributed by atoms with Crippen LogP contribution in [-0.4, -0.2) is 33.6 Å². The maximum atomic E-state index is 12.4. The van der Waals surface area contributed by atoms with Crippen LogP contribution < -0.4 is 14.3 Å². The lowest BCUT2D eigenvalue weighted by molar-refractivity contribution is 0.308. The van der Waals surface area contributed by atoms with Gasteiger partial charge in [0, 0.05) is 0 Å².